The molecule has 44 heavy (non-hydrogen) atoms. The molecule has 0 aromatic heterocycles. The van der Waals surface area contributed by atoms with Crippen molar-refractivity contribution in [2.45, 2.75) is 186 Å². The number of nitrogens with zero attached hydrogens (tertiary/aromatic N) is 1. The molecular formula is C35H73N7O2. The van der Waals surface area contributed by atoms with E-state index in [0.717, 1.165) is 25.7 Å². The minimum absolute atomic E-state index is 0.0406. The first-order valence-electron chi connectivity index (χ1n) is 18.4. The van der Waals surface area contributed by atoms with E-state index in [-0.39, 0.29) is 24.1 Å². The van der Waals surface area contributed by atoms with E-state index < -0.39 is 18.1 Å². The number of guanidine groups is 1. The molecule has 9 nitrogen and oxygen atoms in total. The van der Waals surface area contributed by atoms with E-state index in [9.17, 15) is 9.59 Å². The number of Topliss-reactive ketones (excluding diaryl/α,β-unsaturated/α-hetero) is 1. The first-order chi connectivity index (χ1) is 21.2. The van der Waals surface area contributed by atoms with Crippen LogP contribution in [0.3, 0.4) is 0 Å². The highest BCUT2D eigenvalue weighted by Gasteiger charge is 2.31. The maximum absolute atomic E-state index is 13.4. The summed E-state index contributed by atoms with van der Waals surface area (Å²) in [6, 6.07) is -2.58. The number of hydrogen-bond donors (Lipinski definition) is 6. The van der Waals surface area contributed by atoms with Gasteiger partial charge in [0.1, 0.15) is 6.04 Å². The number of carbonyl (C=O) groups is 2. The van der Waals surface area contributed by atoms with Crippen molar-refractivity contribution in [2.75, 3.05) is 19.6 Å². The van der Waals surface area contributed by atoms with Gasteiger partial charge < -0.3 is 33.2 Å². The summed E-state index contributed by atoms with van der Waals surface area (Å²) in [6.07, 6.45) is 28.2. The van der Waals surface area contributed by atoms with E-state index in [1.165, 1.54) is 116 Å². The maximum Gasteiger partial charge on any atom is 0.241 e. The van der Waals surface area contributed by atoms with Crippen LogP contribution >= 0.6 is 0 Å². The number of ketones is 1. The van der Waals surface area contributed by atoms with Gasteiger partial charge in [0, 0.05) is 32.1 Å². The predicted octanol–water partition coefficient (Wildman–Crippen LogP) is 6.25. The van der Waals surface area contributed by atoms with Crippen LogP contribution in [0.25, 0.3) is 0 Å². The van der Waals surface area contributed by atoms with Crippen LogP contribution in [0.5, 0.6) is 0 Å². The fourth-order valence-electron chi connectivity index (χ4n) is 5.72. The molecule has 0 saturated heterocycles. The molecule has 0 aromatic carbocycles. The van der Waals surface area contributed by atoms with E-state index in [0.29, 0.717) is 26.1 Å². The Balaban J connectivity index is 4.63. The average Bonchev–Trinajstić information content (AvgIpc) is 3.00. The van der Waals surface area contributed by atoms with Crippen molar-refractivity contribution < 1.29 is 9.59 Å². The number of nitrogens with one attached hydrogen (secondary N) is 2. The predicted molar refractivity (Wildman–Crippen MR) is 188 cm³/mol. The van der Waals surface area contributed by atoms with Gasteiger partial charge in [-0.25, -0.2) is 0 Å². The van der Waals surface area contributed by atoms with E-state index in [2.05, 4.69) is 19.2 Å². The summed E-state index contributed by atoms with van der Waals surface area (Å²) in [5.41, 5.74) is 23.9. The molecule has 0 bridgehead atoms. The fraction of sp³-hybridized carbons (Fsp3) is 0.914. The molecule has 0 spiro atoms. The van der Waals surface area contributed by atoms with Crippen molar-refractivity contribution in [1.82, 2.24) is 10.2 Å². The van der Waals surface area contributed by atoms with Gasteiger partial charge in [0.25, 0.3) is 0 Å². The molecule has 10 N–H and O–H groups in total. The van der Waals surface area contributed by atoms with Crippen LogP contribution in [-0.2, 0) is 9.59 Å². The highest BCUT2D eigenvalue weighted by molar-refractivity contribution is 5.93. The van der Waals surface area contributed by atoms with E-state index >= 15 is 0 Å². The molecule has 0 saturated carbocycles. The second-order valence-electron chi connectivity index (χ2n) is 13.0. The van der Waals surface area contributed by atoms with Crippen molar-refractivity contribution >= 4 is 17.6 Å². The topological polar surface area (TPSA) is 177 Å². The molecule has 0 aliphatic heterocycles. The van der Waals surface area contributed by atoms with Gasteiger partial charge >= 0.3 is 0 Å². The van der Waals surface area contributed by atoms with Crippen LogP contribution in [0.4, 0.5) is 0 Å². The summed E-state index contributed by atoms with van der Waals surface area (Å²) < 4.78 is 0. The summed E-state index contributed by atoms with van der Waals surface area (Å²) in [5.74, 6) is -0.661. The minimum Gasteiger partial charge on any atom is -0.370 e. The lowest BCUT2D eigenvalue weighted by molar-refractivity contribution is -0.135. The third kappa shape index (κ3) is 24.6. The number of carbonyl (C=O) groups excluding carboxylic acids is 2. The molecule has 0 heterocycles. The lowest BCUT2D eigenvalue weighted by Crippen LogP contribution is -2.57. The molecule has 0 aliphatic rings. The van der Waals surface area contributed by atoms with Crippen molar-refractivity contribution in [1.29, 1.82) is 5.41 Å². The number of rotatable bonds is 32. The van der Waals surface area contributed by atoms with E-state index in [1.807, 2.05) is 4.90 Å². The van der Waals surface area contributed by atoms with Crippen LogP contribution in [0.2, 0.25) is 0 Å². The van der Waals surface area contributed by atoms with Gasteiger partial charge in [-0.15, -0.1) is 0 Å². The third-order valence-corrected chi connectivity index (χ3v) is 8.71. The van der Waals surface area contributed by atoms with Crippen molar-refractivity contribution in [3.05, 3.63) is 0 Å². The van der Waals surface area contributed by atoms with Gasteiger partial charge in [0.2, 0.25) is 5.91 Å². The minimum atomic E-state index is -1.08. The van der Waals surface area contributed by atoms with E-state index in [4.69, 9.17) is 28.3 Å². The van der Waals surface area contributed by atoms with Crippen molar-refractivity contribution in [2.24, 2.45) is 22.9 Å². The maximum atomic E-state index is 13.4. The lowest BCUT2D eigenvalue weighted by Gasteiger charge is -2.28. The smallest absolute Gasteiger partial charge is 0.241 e. The molecule has 0 aromatic rings. The first-order valence-corrected chi connectivity index (χ1v) is 18.4. The molecule has 2 unspecified atom stereocenters. The van der Waals surface area contributed by atoms with Gasteiger partial charge in [-0.2, -0.15) is 0 Å². The summed E-state index contributed by atoms with van der Waals surface area (Å²) >= 11 is 0. The zero-order chi connectivity index (χ0) is 32.8. The monoisotopic (exact) mass is 624 g/mol. The van der Waals surface area contributed by atoms with Gasteiger partial charge in [0.15, 0.2) is 11.7 Å². The van der Waals surface area contributed by atoms with Crippen LogP contribution < -0.4 is 28.3 Å². The SMILES string of the molecule is CCCCCCCCCCCCCCN(CCCCCCCCCCCC)C(=O)C(N)C(N)C(=O)C[C@@H](N)CCNC(=N)N. The molecule has 0 fully saturated rings. The molecule has 1 amide bonds. The van der Waals surface area contributed by atoms with E-state index in [1.54, 1.807) is 0 Å². The van der Waals surface area contributed by atoms with Crippen LogP contribution in [-0.4, -0.2) is 60.3 Å². The molecule has 260 valence electrons. The molecule has 0 aliphatic carbocycles. The Bertz CT molecular complexity index is 707. The highest BCUT2D eigenvalue weighted by Crippen LogP contribution is 2.14. The lowest BCUT2D eigenvalue weighted by atomic mass is 9.97. The fourth-order valence-corrected chi connectivity index (χ4v) is 5.72. The Labute approximate surface area is 271 Å². The van der Waals surface area contributed by atoms with Crippen molar-refractivity contribution in [3.63, 3.8) is 0 Å². The number of amides is 1. The Kier molecular flexibility index (Phi) is 28.8. The van der Waals surface area contributed by atoms with Gasteiger partial charge in [-0.1, -0.05) is 142 Å². The largest absolute Gasteiger partial charge is 0.370 e. The van der Waals surface area contributed by atoms with Gasteiger partial charge in [-0.05, 0) is 19.3 Å². The van der Waals surface area contributed by atoms with Crippen molar-refractivity contribution in [3.8, 4) is 0 Å². The summed E-state index contributed by atoms with van der Waals surface area (Å²) in [6.45, 7) is 6.24. The number of nitrogens with two attached hydrogens (primary N) is 4. The third-order valence-electron chi connectivity index (χ3n) is 8.71. The first kappa shape index (κ1) is 42.3. The Morgan fingerprint density at radius 2 is 0.977 bits per heavy atom. The molecule has 9 heteroatoms. The van der Waals surface area contributed by atoms with Gasteiger partial charge in [-0.3, -0.25) is 15.0 Å². The van der Waals surface area contributed by atoms with Crippen LogP contribution in [0, 0.1) is 5.41 Å². The Hall–Kier alpha value is -1.71. The van der Waals surface area contributed by atoms with Crippen LogP contribution in [0.15, 0.2) is 0 Å². The summed E-state index contributed by atoms with van der Waals surface area (Å²) in [7, 11) is 0. The molecule has 3 atom stereocenters. The quantitative estimate of drug-likeness (QED) is 0.0291. The Morgan fingerprint density at radius 1 is 0.614 bits per heavy atom. The highest BCUT2D eigenvalue weighted by atomic mass is 16.2. The standard InChI is InChI=1S/C35H73N7O2/c1-3-5-7-9-11-13-15-16-18-20-22-24-28-42(27-23-21-19-17-14-12-10-8-6-4-2)34(44)33(38)32(37)31(43)29-30(36)25-26-41-35(39)40/h30,32-33H,3-29,36-38H2,1-2H3,(H4,39,40,41)/t30-,32?,33?/m0/s1. The molecule has 0 rings (SSSR count). The normalized spacial score (nSPS) is 13.4. The van der Waals surface area contributed by atoms with Crippen LogP contribution in [0.1, 0.15) is 168 Å². The number of hydrogen-bond acceptors (Lipinski definition) is 6. The second kappa shape index (κ2) is 30.0. The van der Waals surface area contributed by atoms with Gasteiger partial charge in [0.05, 0.1) is 6.04 Å². The summed E-state index contributed by atoms with van der Waals surface area (Å²) in [5, 5.41) is 9.90. The summed E-state index contributed by atoms with van der Waals surface area (Å²) in [4.78, 5) is 28.1. The molecular weight excluding hydrogens is 550 g/mol. The average molecular weight is 624 g/mol. The number of unbranched alkanes of at least 4 members (excludes halogenated alkanes) is 20. The zero-order valence-corrected chi connectivity index (χ0v) is 28.9. The second-order valence-corrected chi connectivity index (χ2v) is 13.0. The zero-order valence-electron chi connectivity index (χ0n) is 28.9. The Morgan fingerprint density at radius 3 is 1.34 bits per heavy atom. The molecule has 0 radical (unpaired) electrons.